The molecule has 15 heavy (non-hydrogen) atoms. The Bertz CT molecular complexity index is 227. The van der Waals surface area contributed by atoms with Crippen molar-refractivity contribution in [3.8, 4) is 6.07 Å². The zero-order valence-corrected chi connectivity index (χ0v) is 10.3. The first kappa shape index (κ1) is 12.5. The summed E-state index contributed by atoms with van der Waals surface area (Å²) in [5.74, 6) is 0.904. The Labute approximate surface area is 94.1 Å². The lowest BCUT2D eigenvalue weighted by Gasteiger charge is -2.31. The first-order valence-corrected chi connectivity index (χ1v) is 6.22. The minimum absolute atomic E-state index is 0.223. The molecular formula is C13H24N2. The first-order valence-electron chi connectivity index (χ1n) is 6.22. The van der Waals surface area contributed by atoms with Crippen LogP contribution in [-0.4, -0.2) is 12.6 Å². The molecule has 0 saturated heterocycles. The molecule has 2 unspecified atom stereocenters. The van der Waals surface area contributed by atoms with Crippen LogP contribution in [-0.2, 0) is 0 Å². The monoisotopic (exact) mass is 208 g/mol. The topological polar surface area (TPSA) is 35.8 Å². The van der Waals surface area contributed by atoms with Gasteiger partial charge in [-0.3, -0.25) is 0 Å². The summed E-state index contributed by atoms with van der Waals surface area (Å²) in [5.41, 5.74) is -0.223. The van der Waals surface area contributed by atoms with E-state index in [4.69, 9.17) is 5.26 Å². The van der Waals surface area contributed by atoms with Gasteiger partial charge in [-0.15, -0.1) is 0 Å². The third-order valence-corrected chi connectivity index (χ3v) is 3.50. The van der Waals surface area contributed by atoms with Crippen LogP contribution in [0.4, 0.5) is 0 Å². The summed E-state index contributed by atoms with van der Waals surface area (Å²) >= 11 is 0. The number of hydrogen-bond acceptors (Lipinski definition) is 2. The second kappa shape index (κ2) is 5.51. The van der Waals surface area contributed by atoms with Gasteiger partial charge in [-0.2, -0.15) is 5.26 Å². The Morgan fingerprint density at radius 3 is 2.73 bits per heavy atom. The molecule has 1 aliphatic rings. The fourth-order valence-electron chi connectivity index (χ4n) is 2.29. The largest absolute Gasteiger partial charge is 0.312 e. The van der Waals surface area contributed by atoms with Crippen molar-refractivity contribution in [2.24, 2.45) is 11.3 Å². The van der Waals surface area contributed by atoms with E-state index in [1.807, 2.05) is 13.8 Å². The standard InChI is InChI=1S/C13H24N2/c1-4-11-6-5-7-12(8-11)15-10-13(2,3)9-14/h11-12,15H,4-8,10H2,1-3H3. The minimum Gasteiger partial charge on any atom is -0.312 e. The molecule has 0 heterocycles. The molecule has 86 valence electrons. The number of hydrogen-bond donors (Lipinski definition) is 1. The third-order valence-electron chi connectivity index (χ3n) is 3.50. The molecule has 0 radical (unpaired) electrons. The van der Waals surface area contributed by atoms with Gasteiger partial charge in [0, 0.05) is 12.6 Å². The van der Waals surface area contributed by atoms with Crippen molar-refractivity contribution in [3.05, 3.63) is 0 Å². The van der Waals surface area contributed by atoms with Crippen molar-refractivity contribution in [2.45, 2.75) is 58.9 Å². The Morgan fingerprint density at radius 2 is 2.13 bits per heavy atom. The van der Waals surface area contributed by atoms with Crippen LogP contribution in [0.3, 0.4) is 0 Å². The van der Waals surface area contributed by atoms with Crippen molar-refractivity contribution in [3.63, 3.8) is 0 Å². The average molecular weight is 208 g/mol. The summed E-state index contributed by atoms with van der Waals surface area (Å²) in [4.78, 5) is 0. The van der Waals surface area contributed by atoms with Crippen molar-refractivity contribution >= 4 is 0 Å². The van der Waals surface area contributed by atoms with Crippen LogP contribution in [0.5, 0.6) is 0 Å². The average Bonchev–Trinajstić information content (AvgIpc) is 2.27. The normalized spacial score (nSPS) is 27.3. The molecule has 1 fully saturated rings. The van der Waals surface area contributed by atoms with Crippen LogP contribution in [0.2, 0.25) is 0 Å². The van der Waals surface area contributed by atoms with E-state index < -0.39 is 0 Å². The number of nitrogens with zero attached hydrogens (tertiary/aromatic N) is 1. The van der Waals surface area contributed by atoms with E-state index in [1.165, 1.54) is 32.1 Å². The fourth-order valence-corrected chi connectivity index (χ4v) is 2.29. The molecule has 0 aliphatic heterocycles. The molecule has 1 saturated carbocycles. The van der Waals surface area contributed by atoms with E-state index in [1.54, 1.807) is 0 Å². The van der Waals surface area contributed by atoms with Crippen molar-refractivity contribution in [2.75, 3.05) is 6.54 Å². The number of nitrogens with one attached hydrogen (secondary N) is 1. The molecule has 2 atom stereocenters. The van der Waals surface area contributed by atoms with E-state index in [9.17, 15) is 0 Å². The van der Waals surface area contributed by atoms with Gasteiger partial charge >= 0.3 is 0 Å². The Balaban J connectivity index is 2.30. The van der Waals surface area contributed by atoms with Crippen LogP contribution in [0.15, 0.2) is 0 Å². The highest BCUT2D eigenvalue weighted by Gasteiger charge is 2.23. The summed E-state index contributed by atoms with van der Waals surface area (Å²) in [6.07, 6.45) is 6.65. The molecule has 0 spiro atoms. The predicted molar refractivity (Wildman–Crippen MR) is 63.4 cm³/mol. The molecule has 0 aromatic heterocycles. The minimum atomic E-state index is -0.223. The highest BCUT2D eigenvalue weighted by atomic mass is 14.9. The van der Waals surface area contributed by atoms with Gasteiger partial charge in [0.05, 0.1) is 11.5 Å². The lowest BCUT2D eigenvalue weighted by atomic mass is 9.83. The number of nitriles is 1. The first-order chi connectivity index (χ1) is 7.07. The zero-order valence-electron chi connectivity index (χ0n) is 10.3. The van der Waals surface area contributed by atoms with Crippen molar-refractivity contribution < 1.29 is 0 Å². The van der Waals surface area contributed by atoms with Crippen LogP contribution >= 0.6 is 0 Å². The maximum atomic E-state index is 8.93. The molecule has 0 amide bonds. The Hall–Kier alpha value is -0.550. The lowest BCUT2D eigenvalue weighted by molar-refractivity contribution is 0.264. The highest BCUT2D eigenvalue weighted by molar-refractivity contribution is 4.94. The molecule has 2 nitrogen and oxygen atoms in total. The van der Waals surface area contributed by atoms with Crippen LogP contribution in [0.1, 0.15) is 52.9 Å². The third kappa shape index (κ3) is 4.22. The van der Waals surface area contributed by atoms with E-state index >= 15 is 0 Å². The van der Waals surface area contributed by atoms with Gasteiger partial charge in [0.25, 0.3) is 0 Å². The highest BCUT2D eigenvalue weighted by Crippen LogP contribution is 2.27. The summed E-state index contributed by atoms with van der Waals surface area (Å²) < 4.78 is 0. The molecule has 0 aromatic rings. The van der Waals surface area contributed by atoms with E-state index in [0.29, 0.717) is 6.04 Å². The van der Waals surface area contributed by atoms with Gasteiger partial charge in [0.15, 0.2) is 0 Å². The molecule has 0 aromatic carbocycles. The SMILES string of the molecule is CCC1CCCC(NCC(C)(C)C#N)C1. The summed E-state index contributed by atoms with van der Waals surface area (Å²) in [5, 5.41) is 12.5. The quantitative estimate of drug-likeness (QED) is 0.770. The lowest BCUT2D eigenvalue weighted by Crippen LogP contribution is -2.39. The van der Waals surface area contributed by atoms with E-state index in [2.05, 4.69) is 18.3 Å². The molecule has 1 N–H and O–H groups in total. The second-order valence-electron chi connectivity index (χ2n) is 5.51. The van der Waals surface area contributed by atoms with Gasteiger partial charge in [0.2, 0.25) is 0 Å². The maximum absolute atomic E-state index is 8.93. The predicted octanol–water partition coefficient (Wildman–Crippen LogP) is 3.09. The zero-order chi connectivity index (χ0) is 11.3. The Kier molecular flexibility index (Phi) is 4.60. The van der Waals surface area contributed by atoms with Gasteiger partial charge in [0.1, 0.15) is 0 Å². The van der Waals surface area contributed by atoms with Gasteiger partial charge in [-0.05, 0) is 32.6 Å². The van der Waals surface area contributed by atoms with Gasteiger partial charge < -0.3 is 5.32 Å². The molecule has 1 aliphatic carbocycles. The van der Waals surface area contributed by atoms with Gasteiger partial charge in [-0.1, -0.05) is 26.2 Å². The van der Waals surface area contributed by atoms with E-state index in [-0.39, 0.29) is 5.41 Å². The number of rotatable bonds is 4. The van der Waals surface area contributed by atoms with E-state index in [0.717, 1.165) is 12.5 Å². The fraction of sp³-hybridized carbons (Fsp3) is 0.923. The summed E-state index contributed by atoms with van der Waals surface area (Å²) in [6.45, 7) is 7.11. The Morgan fingerprint density at radius 1 is 1.40 bits per heavy atom. The molecule has 0 bridgehead atoms. The molecule has 2 heteroatoms. The smallest absolute Gasteiger partial charge is 0.0697 e. The molecular weight excluding hydrogens is 184 g/mol. The van der Waals surface area contributed by atoms with Crippen molar-refractivity contribution in [1.82, 2.24) is 5.32 Å². The summed E-state index contributed by atoms with van der Waals surface area (Å²) in [7, 11) is 0. The second-order valence-corrected chi connectivity index (χ2v) is 5.51. The molecule has 1 rings (SSSR count). The van der Waals surface area contributed by atoms with Crippen LogP contribution < -0.4 is 5.32 Å². The van der Waals surface area contributed by atoms with Gasteiger partial charge in [-0.25, -0.2) is 0 Å². The summed E-state index contributed by atoms with van der Waals surface area (Å²) in [6, 6.07) is 2.99. The maximum Gasteiger partial charge on any atom is 0.0697 e. The van der Waals surface area contributed by atoms with Crippen molar-refractivity contribution in [1.29, 1.82) is 5.26 Å². The van der Waals surface area contributed by atoms with Crippen LogP contribution in [0, 0.1) is 22.7 Å². The van der Waals surface area contributed by atoms with Crippen LogP contribution in [0.25, 0.3) is 0 Å².